The Hall–Kier alpha value is -0.0200. The second-order valence-corrected chi connectivity index (χ2v) is 6.70. The minimum atomic E-state index is 0.524. The van der Waals surface area contributed by atoms with Crippen LogP contribution in [0, 0.1) is 0 Å². The molecule has 0 aliphatic carbocycles. The number of piperidine rings is 2. The third-order valence-electron chi connectivity index (χ3n) is 4.46. The number of thioether (sulfide) groups is 1. The van der Waals surface area contributed by atoms with Crippen molar-refractivity contribution in [1.29, 1.82) is 0 Å². The van der Waals surface area contributed by atoms with Gasteiger partial charge in [0, 0.05) is 31.0 Å². The van der Waals surface area contributed by atoms with Crippen LogP contribution >= 0.6 is 11.8 Å². The lowest BCUT2D eigenvalue weighted by Gasteiger charge is -2.50. The summed E-state index contributed by atoms with van der Waals surface area (Å²) in [5.41, 5.74) is 0. The normalized spacial score (nSPS) is 37.6. The van der Waals surface area contributed by atoms with Crippen molar-refractivity contribution in [3.8, 4) is 0 Å². The lowest BCUT2D eigenvalue weighted by molar-refractivity contribution is -0.129. The molecule has 3 heterocycles. The van der Waals surface area contributed by atoms with E-state index < -0.39 is 0 Å². The van der Waals surface area contributed by atoms with Crippen LogP contribution < -0.4 is 0 Å². The van der Waals surface area contributed by atoms with Crippen LogP contribution in [0.5, 0.6) is 0 Å². The Morgan fingerprint density at radius 1 is 0.938 bits per heavy atom. The number of ketones is 1. The van der Waals surface area contributed by atoms with E-state index in [2.05, 4.69) is 16.7 Å². The van der Waals surface area contributed by atoms with Crippen LogP contribution in [-0.4, -0.2) is 40.3 Å². The van der Waals surface area contributed by atoms with Gasteiger partial charge in [0.25, 0.3) is 0 Å². The van der Waals surface area contributed by atoms with Gasteiger partial charge in [-0.15, -0.1) is 0 Å². The Balaban J connectivity index is 1.75. The number of Topliss-reactive ketones (excluding diaryl/α,β-unsaturated/α-hetero) is 1. The van der Waals surface area contributed by atoms with Gasteiger partial charge in [-0.05, 0) is 37.2 Å². The number of hydrogen-bond donors (Lipinski definition) is 0. The van der Waals surface area contributed by atoms with Gasteiger partial charge in [-0.25, -0.2) is 0 Å². The molecule has 3 fully saturated rings. The molecule has 0 aromatic carbocycles. The Morgan fingerprint density at radius 2 is 1.56 bits per heavy atom. The van der Waals surface area contributed by atoms with Crippen molar-refractivity contribution in [2.24, 2.45) is 0 Å². The van der Waals surface area contributed by atoms with E-state index in [0.717, 1.165) is 18.9 Å². The topological polar surface area (TPSA) is 20.3 Å². The van der Waals surface area contributed by atoms with Crippen molar-refractivity contribution in [3.63, 3.8) is 0 Å². The Labute approximate surface area is 102 Å². The maximum atomic E-state index is 11.7. The monoisotopic (exact) mass is 239 g/mol. The van der Waals surface area contributed by atoms with Crippen molar-refractivity contribution in [2.45, 2.75) is 63.1 Å². The average molecular weight is 239 g/mol. The first-order chi connectivity index (χ1) is 7.84. The highest BCUT2D eigenvalue weighted by molar-refractivity contribution is 7.99. The maximum Gasteiger partial charge on any atom is 0.136 e. The number of fused-ring (bicyclic) bond motifs is 2. The van der Waals surface area contributed by atoms with Crippen LogP contribution in [0.2, 0.25) is 0 Å². The molecule has 90 valence electrons. The predicted octanol–water partition coefficient (Wildman–Crippen LogP) is 2.47. The summed E-state index contributed by atoms with van der Waals surface area (Å²) >= 11 is 2.10. The van der Waals surface area contributed by atoms with E-state index in [9.17, 15) is 4.79 Å². The predicted molar refractivity (Wildman–Crippen MR) is 67.9 cm³/mol. The van der Waals surface area contributed by atoms with Crippen molar-refractivity contribution in [1.82, 2.24) is 4.90 Å². The zero-order valence-electron chi connectivity index (χ0n) is 9.86. The van der Waals surface area contributed by atoms with E-state index in [1.54, 1.807) is 0 Å². The van der Waals surface area contributed by atoms with Crippen LogP contribution in [0.4, 0.5) is 0 Å². The number of carbonyl (C=O) groups excluding carboxylic acids is 1. The summed E-state index contributed by atoms with van der Waals surface area (Å²) in [7, 11) is 0. The standard InChI is InChI=1S/C13H21NOS/c15-13-8-11-2-1-3-12(9-13)14(11)10-4-6-16-7-5-10/h10-12H,1-9H2. The van der Waals surface area contributed by atoms with E-state index in [1.807, 2.05) is 0 Å². The van der Waals surface area contributed by atoms with E-state index in [4.69, 9.17) is 0 Å². The van der Waals surface area contributed by atoms with Gasteiger partial charge in [0.05, 0.1) is 0 Å². The summed E-state index contributed by atoms with van der Waals surface area (Å²) in [6, 6.07) is 2.01. The van der Waals surface area contributed by atoms with Gasteiger partial charge in [-0.2, -0.15) is 11.8 Å². The first-order valence-electron chi connectivity index (χ1n) is 6.71. The third kappa shape index (κ3) is 2.04. The lowest BCUT2D eigenvalue weighted by atomic mass is 9.82. The fourth-order valence-corrected chi connectivity index (χ4v) is 4.87. The number of hydrogen-bond acceptors (Lipinski definition) is 3. The van der Waals surface area contributed by atoms with Crippen molar-refractivity contribution in [2.75, 3.05) is 11.5 Å². The molecule has 0 aromatic heterocycles. The zero-order valence-corrected chi connectivity index (χ0v) is 10.7. The minimum Gasteiger partial charge on any atom is -0.300 e. The second kappa shape index (κ2) is 4.69. The molecule has 0 amide bonds. The smallest absolute Gasteiger partial charge is 0.136 e. The Bertz CT molecular complexity index is 259. The highest BCUT2D eigenvalue weighted by atomic mass is 32.2. The third-order valence-corrected chi connectivity index (χ3v) is 5.51. The van der Waals surface area contributed by atoms with Crippen LogP contribution in [0.1, 0.15) is 44.9 Å². The van der Waals surface area contributed by atoms with Crippen LogP contribution in [-0.2, 0) is 4.79 Å². The van der Waals surface area contributed by atoms with Gasteiger partial charge in [0.2, 0.25) is 0 Å². The quantitative estimate of drug-likeness (QED) is 0.701. The molecule has 0 radical (unpaired) electrons. The molecule has 0 N–H and O–H groups in total. The summed E-state index contributed by atoms with van der Waals surface area (Å²) < 4.78 is 0. The lowest BCUT2D eigenvalue weighted by Crippen LogP contribution is -2.57. The van der Waals surface area contributed by atoms with Crippen LogP contribution in [0.3, 0.4) is 0 Å². The largest absolute Gasteiger partial charge is 0.300 e. The SMILES string of the molecule is O=C1CC2CCCC(C1)N2C1CCSCC1. The fourth-order valence-electron chi connectivity index (χ4n) is 3.79. The van der Waals surface area contributed by atoms with Crippen molar-refractivity contribution < 1.29 is 4.79 Å². The van der Waals surface area contributed by atoms with E-state index in [0.29, 0.717) is 17.9 Å². The van der Waals surface area contributed by atoms with Crippen molar-refractivity contribution in [3.05, 3.63) is 0 Å². The molecule has 0 aromatic rings. The number of nitrogens with zero attached hydrogens (tertiary/aromatic N) is 1. The van der Waals surface area contributed by atoms with Crippen LogP contribution in [0.15, 0.2) is 0 Å². The van der Waals surface area contributed by atoms with E-state index >= 15 is 0 Å². The molecule has 3 saturated heterocycles. The highest BCUT2D eigenvalue weighted by Gasteiger charge is 2.41. The van der Waals surface area contributed by atoms with Gasteiger partial charge in [0.1, 0.15) is 5.78 Å². The van der Waals surface area contributed by atoms with Gasteiger partial charge in [-0.1, -0.05) is 6.42 Å². The summed E-state index contributed by atoms with van der Waals surface area (Å²) in [4.78, 5) is 14.4. The molecule has 3 heteroatoms. The summed E-state index contributed by atoms with van der Waals surface area (Å²) in [5.74, 6) is 3.18. The molecule has 2 bridgehead atoms. The fraction of sp³-hybridized carbons (Fsp3) is 0.923. The molecule has 0 saturated carbocycles. The summed E-state index contributed by atoms with van der Waals surface area (Å²) in [6.07, 6.45) is 8.29. The van der Waals surface area contributed by atoms with Gasteiger partial charge >= 0.3 is 0 Å². The molecule has 3 aliphatic heterocycles. The molecular formula is C13H21NOS. The molecule has 0 spiro atoms. The van der Waals surface area contributed by atoms with E-state index in [-0.39, 0.29) is 0 Å². The number of carbonyl (C=O) groups is 1. The highest BCUT2D eigenvalue weighted by Crippen LogP contribution is 2.37. The van der Waals surface area contributed by atoms with Gasteiger partial charge in [0.15, 0.2) is 0 Å². The maximum absolute atomic E-state index is 11.7. The average Bonchev–Trinajstić information content (AvgIpc) is 2.29. The minimum absolute atomic E-state index is 0.524. The zero-order chi connectivity index (χ0) is 11.0. The van der Waals surface area contributed by atoms with E-state index in [1.165, 1.54) is 43.6 Å². The molecule has 16 heavy (non-hydrogen) atoms. The van der Waals surface area contributed by atoms with Gasteiger partial charge in [-0.3, -0.25) is 9.69 Å². The molecular weight excluding hydrogens is 218 g/mol. The Kier molecular flexibility index (Phi) is 3.25. The molecule has 3 rings (SSSR count). The first kappa shape index (κ1) is 11.1. The van der Waals surface area contributed by atoms with Crippen molar-refractivity contribution >= 4 is 17.5 Å². The Morgan fingerprint density at radius 3 is 2.19 bits per heavy atom. The molecule has 2 unspecified atom stereocenters. The number of rotatable bonds is 1. The van der Waals surface area contributed by atoms with Gasteiger partial charge < -0.3 is 0 Å². The second-order valence-electron chi connectivity index (χ2n) is 5.48. The molecule has 3 aliphatic rings. The summed E-state index contributed by atoms with van der Waals surface area (Å²) in [5, 5.41) is 0. The molecule has 2 nitrogen and oxygen atoms in total. The summed E-state index contributed by atoms with van der Waals surface area (Å²) in [6.45, 7) is 0. The van der Waals surface area contributed by atoms with Crippen LogP contribution in [0.25, 0.3) is 0 Å². The molecule has 2 atom stereocenters. The first-order valence-corrected chi connectivity index (χ1v) is 7.87.